The lowest BCUT2D eigenvalue weighted by molar-refractivity contribution is 0.151. The van der Waals surface area contributed by atoms with Gasteiger partial charge in [0, 0.05) is 34.6 Å². The number of aromatic nitrogens is 3. The molecule has 0 spiro atoms. The van der Waals surface area contributed by atoms with Gasteiger partial charge in [0.2, 0.25) is 0 Å². The van der Waals surface area contributed by atoms with Gasteiger partial charge in [0.25, 0.3) is 12.0 Å². The monoisotopic (exact) mass is 398 g/mol. The van der Waals surface area contributed by atoms with Crippen LogP contribution in [-0.4, -0.2) is 14.8 Å². The second-order valence-corrected chi connectivity index (χ2v) is 7.76. The third kappa shape index (κ3) is 3.86. The molecule has 1 aliphatic carbocycles. The van der Waals surface area contributed by atoms with Crippen molar-refractivity contribution >= 4 is 16.6 Å². The molecule has 3 aromatic rings. The van der Waals surface area contributed by atoms with E-state index in [9.17, 15) is 13.6 Å². The average molecular weight is 398 g/mol. The molecule has 4 rings (SSSR count). The quantitative estimate of drug-likeness (QED) is 0.631. The van der Waals surface area contributed by atoms with Crippen LogP contribution in [0.15, 0.2) is 41.3 Å². The lowest BCUT2D eigenvalue weighted by Crippen LogP contribution is -2.22. The van der Waals surface area contributed by atoms with Crippen molar-refractivity contribution < 1.29 is 8.78 Å². The summed E-state index contributed by atoms with van der Waals surface area (Å²) in [5.74, 6) is 0.548. The van der Waals surface area contributed by atoms with Crippen molar-refractivity contribution in [1.29, 1.82) is 0 Å². The molecular formula is C22H24F2N4O. The average Bonchev–Trinajstić information content (AvgIpc) is 3.24. The van der Waals surface area contributed by atoms with E-state index in [1.807, 2.05) is 30.7 Å². The molecule has 0 bridgehead atoms. The van der Waals surface area contributed by atoms with Gasteiger partial charge in [-0.2, -0.15) is 5.10 Å². The van der Waals surface area contributed by atoms with Crippen LogP contribution in [0.3, 0.4) is 0 Å². The van der Waals surface area contributed by atoms with Crippen LogP contribution in [-0.2, 0) is 0 Å². The summed E-state index contributed by atoms with van der Waals surface area (Å²) in [4.78, 5) is 12.7. The Balaban J connectivity index is 1.73. The summed E-state index contributed by atoms with van der Waals surface area (Å²) in [6.07, 6.45) is 3.63. The zero-order valence-corrected chi connectivity index (χ0v) is 16.5. The summed E-state index contributed by atoms with van der Waals surface area (Å²) in [5.41, 5.74) is 1.39. The van der Waals surface area contributed by atoms with Crippen LogP contribution in [0.1, 0.15) is 67.9 Å². The van der Waals surface area contributed by atoms with E-state index in [0.717, 1.165) is 42.0 Å². The first-order valence-electron chi connectivity index (χ1n) is 9.98. The van der Waals surface area contributed by atoms with Gasteiger partial charge in [0.05, 0.1) is 11.7 Å². The summed E-state index contributed by atoms with van der Waals surface area (Å²) in [7, 11) is 0. The number of pyridine rings is 1. The van der Waals surface area contributed by atoms with Gasteiger partial charge in [-0.1, -0.05) is 31.0 Å². The fraction of sp³-hybridized carbons (Fsp3) is 0.409. The van der Waals surface area contributed by atoms with Gasteiger partial charge in [0.15, 0.2) is 5.82 Å². The van der Waals surface area contributed by atoms with Crippen molar-refractivity contribution in [2.45, 2.75) is 58.0 Å². The summed E-state index contributed by atoms with van der Waals surface area (Å²) in [6, 6.07) is 7.95. The first-order chi connectivity index (χ1) is 13.9. The summed E-state index contributed by atoms with van der Waals surface area (Å²) in [5, 5.41) is 13.4. The molecule has 5 nitrogen and oxygen atoms in total. The zero-order valence-electron chi connectivity index (χ0n) is 16.5. The molecule has 1 aliphatic rings. The van der Waals surface area contributed by atoms with Gasteiger partial charge in [-0.15, -0.1) is 5.10 Å². The topological polar surface area (TPSA) is 59.8 Å². The first kappa shape index (κ1) is 19.5. The molecule has 29 heavy (non-hydrogen) atoms. The molecule has 0 amide bonds. The minimum absolute atomic E-state index is 0.00827. The third-order valence-corrected chi connectivity index (χ3v) is 5.76. The van der Waals surface area contributed by atoms with Gasteiger partial charge in [-0.3, -0.25) is 4.79 Å². The van der Waals surface area contributed by atoms with Crippen LogP contribution in [0, 0.1) is 6.92 Å². The van der Waals surface area contributed by atoms with Gasteiger partial charge >= 0.3 is 0 Å². The van der Waals surface area contributed by atoms with Crippen LogP contribution < -0.4 is 10.9 Å². The fourth-order valence-electron chi connectivity index (χ4n) is 4.10. The Kier molecular flexibility index (Phi) is 5.30. The summed E-state index contributed by atoms with van der Waals surface area (Å²) in [6.45, 7) is 3.72. The highest BCUT2D eigenvalue weighted by atomic mass is 19.3. The van der Waals surface area contributed by atoms with Crippen LogP contribution in [0.2, 0.25) is 0 Å². The molecule has 0 unspecified atom stereocenters. The Morgan fingerprint density at radius 3 is 2.55 bits per heavy atom. The van der Waals surface area contributed by atoms with Gasteiger partial charge in [0.1, 0.15) is 0 Å². The molecule has 1 saturated carbocycles. The highest BCUT2D eigenvalue weighted by molar-refractivity contribution is 5.92. The van der Waals surface area contributed by atoms with Crippen molar-refractivity contribution in [2.75, 3.05) is 5.32 Å². The SMILES string of the molecule is Cc1nnc(N[C@H](C)c2cccc(C(F)F)c2)c2cn(C3CCCC3)c(=O)cc12. The number of benzene rings is 1. The minimum atomic E-state index is -2.51. The smallest absolute Gasteiger partial charge is 0.263 e. The molecule has 7 heteroatoms. The number of anilines is 1. The molecular weight excluding hydrogens is 374 g/mol. The summed E-state index contributed by atoms with van der Waals surface area (Å²) < 4.78 is 27.9. The van der Waals surface area contributed by atoms with Crippen LogP contribution in [0.4, 0.5) is 14.6 Å². The zero-order chi connectivity index (χ0) is 20.5. The van der Waals surface area contributed by atoms with Crippen molar-refractivity contribution in [3.05, 3.63) is 63.7 Å². The Morgan fingerprint density at radius 2 is 1.83 bits per heavy atom. The lowest BCUT2D eigenvalue weighted by atomic mass is 10.0. The van der Waals surface area contributed by atoms with Crippen molar-refractivity contribution in [3.8, 4) is 0 Å². The Bertz CT molecular complexity index is 1090. The maximum absolute atomic E-state index is 13.0. The van der Waals surface area contributed by atoms with Crippen molar-refractivity contribution in [3.63, 3.8) is 0 Å². The standard InChI is InChI=1S/C22H24F2N4O/c1-13(15-6-5-7-16(10-15)21(23)24)25-22-19-12-28(17-8-3-4-9-17)20(29)11-18(19)14(2)26-27-22/h5-7,10-13,17,21H,3-4,8-9H2,1-2H3,(H,25,27)/t13-/m1/s1. The predicted molar refractivity (Wildman–Crippen MR) is 109 cm³/mol. The Labute approximate surface area is 167 Å². The largest absolute Gasteiger partial charge is 0.361 e. The highest BCUT2D eigenvalue weighted by Crippen LogP contribution is 2.31. The number of nitrogens with one attached hydrogen (secondary N) is 1. The number of nitrogens with zero attached hydrogens (tertiary/aromatic N) is 3. The van der Waals surface area contributed by atoms with Gasteiger partial charge in [-0.25, -0.2) is 8.78 Å². The summed E-state index contributed by atoms with van der Waals surface area (Å²) >= 11 is 0. The molecule has 1 atom stereocenters. The lowest BCUT2D eigenvalue weighted by Gasteiger charge is -2.19. The van der Waals surface area contributed by atoms with Crippen molar-refractivity contribution in [1.82, 2.24) is 14.8 Å². The second kappa shape index (κ2) is 7.89. The molecule has 0 saturated heterocycles. The maximum atomic E-state index is 13.0. The van der Waals surface area contributed by atoms with Crippen LogP contribution in [0.25, 0.3) is 10.8 Å². The Hall–Kier alpha value is -2.83. The number of alkyl halides is 2. The number of rotatable bonds is 5. The van der Waals surface area contributed by atoms with E-state index < -0.39 is 6.43 Å². The number of hydrogen-bond donors (Lipinski definition) is 1. The predicted octanol–water partition coefficient (Wildman–Crippen LogP) is 5.33. The molecule has 0 aliphatic heterocycles. The van der Waals surface area contributed by atoms with E-state index in [2.05, 4.69) is 15.5 Å². The van der Waals surface area contributed by atoms with Crippen LogP contribution in [0.5, 0.6) is 0 Å². The molecule has 1 N–H and O–H groups in total. The van der Waals surface area contributed by atoms with E-state index in [-0.39, 0.29) is 23.2 Å². The Morgan fingerprint density at radius 1 is 1.10 bits per heavy atom. The second-order valence-electron chi connectivity index (χ2n) is 7.76. The van der Waals surface area contributed by atoms with Gasteiger partial charge < -0.3 is 9.88 Å². The highest BCUT2D eigenvalue weighted by Gasteiger charge is 2.20. The fourth-order valence-corrected chi connectivity index (χ4v) is 4.10. The van der Waals surface area contributed by atoms with E-state index in [0.29, 0.717) is 11.5 Å². The molecule has 2 aromatic heterocycles. The number of hydrogen-bond acceptors (Lipinski definition) is 4. The van der Waals surface area contributed by atoms with Crippen LogP contribution >= 0.6 is 0 Å². The molecule has 2 heterocycles. The molecule has 152 valence electrons. The maximum Gasteiger partial charge on any atom is 0.263 e. The van der Waals surface area contributed by atoms with E-state index in [1.165, 1.54) is 12.1 Å². The molecule has 1 fully saturated rings. The third-order valence-electron chi connectivity index (χ3n) is 5.76. The number of aryl methyl sites for hydroxylation is 1. The van der Waals surface area contributed by atoms with E-state index >= 15 is 0 Å². The molecule has 0 radical (unpaired) electrons. The van der Waals surface area contributed by atoms with Crippen molar-refractivity contribution in [2.24, 2.45) is 0 Å². The minimum Gasteiger partial charge on any atom is -0.361 e. The van der Waals surface area contributed by atoms with Gasteiger partial charge in [-0.05, 0) is 38.3 Å². The normalized spacial score (nSPS) is 15.9. The first-order valence-corrected chi connectivity index (χ1v) is 9.98. The molecule has 1 aromatic carbocycles. The van der Waals surface area contributed by atoms with E-state index in [4.69, 9.17) is 0 Å². The van der Waals surface area contributed by atoms with E-state index in [1.54, 1.807) is 12.1 Å². The number of halogens is 2. The number of fused-ring (bicyclic) bond motifs is 1.